The largest absolute Gasteiger partial charge is 0.494 e. The van der Waals surface area contributed by atoms with Gasteiger partial charge >= 0.3 is 10.8 Å². The molecule has 6 rings (SSSR count). The molecule has 0 amide bonds. The van der Waals surface area contributed by atoms with Gasteiger partial charge in [-0.3, -0.25) is 14.8 Å². The molecule has 1 unspecified atom stereocenters. The minimum absolute atomic E-state index is 0.00857. The standard InChI is InChI=1S/C29H26N2O8S/c1-16-20-7-10-29(2,14-35-19-5-3-17(4-6-19)13-21-26(32)31-28(34)40-21)39-23(20)25-24(36-15-37-25)22(16)38-27(33)18-8-11-30-12-9-18/h3-6,8-9,11-12,32H,7,10,13-15H2,1-2H3,(H,31,34). The molecule has 4 aromatic rings. The Bertz CT molecular complexity index is 1630. The van der Waals surface area contributed by atoms with E-state index in [1.54, 1.807) is 12.1 Å². The van der Waals surface area contributed by atoms with Crippen LogP contribution in [0.1, 0.15) is 45.3 Å². The molecule has 2 aliphatic rings. The van der Waals surface area contributed by atoms with Crippen molar-refractivity contribution in [1.29, 1.82) is 0 Å². The zero-order chi connectivity index (χ0) is 27.9. The zero-order valence-corrected chi connectivity index (χ0v) is 22.6. The molecule has 0 fully saturated rings. The van der Waals surface area contributed by atoms with Crippen molar-refractivity contribution in [1.82, 2.24) is 9.97 Å². The van der Waals surface area contributed by atoms with Gasteiger partial charge in [0.15, 0.2) is 11.5 Å². The number of H-pyrrole nitrogens is 1. The molecule has 4 heterocycles. The number of fused-ring (bicyclic) bond motifs is 3. The van der Waals surface area contributed by atoms with E-state index in [1.165, 1.54) is 12.4 Å². The number of hydrogen-bond donors (Lipinski definition) is 2. The predicted molar refractivity (Wildman–Crippen MR) is 145 cm³/mol. The maximum absolute atomic E-state index is 12.8. The average molecular weight is 563 g/mol. The SMILES string of the molecule is Cc1c2c(c3c(c1OC(=O)c1ccncc1)OCO3)OC(C)(COc1ccc(Cc3sc(=O)[nH]c3O)cc1)CC2. The van der Waals surface area contributed by atoms with E-state index in [0.717, 1.165) is 28.0 Å². The lowest BCUT2D eigenvalue weighted by atomic mass is 9.90. The number of rotatable bonds is 7. The highest BCUT2D eigenvalue weighted by Gasteiger charge is 2.40. The highest BCUT2D eigenvalue weighted by molar-refractivity contribution is 7.09. The van der Waals surface area contributed by atoms with Gasteiger partial charge in [0.1, 0.15) is 18.0 Å². The highest BCUT2D eigenvalue weighted by atomic mass is 32.1. The van der Waals surface area contributed by atoms with Gasteiger partial charge in [-0.25, -0.2) is 4.79 Å². The molecule has 40 heavy (non-hydrogen) atoms. The number of nitrogens with zero attached hydrogens (tertiary/aromatic N) is 1. The molecule has 2 N–H and O–H groups in total. The van der Waals surface area contributed by atoms with Gasteiger partial charge < -0.3 is 28.8 Å². The van der Waals surface area contributed by atoms with E-state index in [2.05, 4.69) is 9.97 Å². The number of benzene rings is 2. The Morgan fingerprint density at radius 3 is 2.60 bits per heavy atom. The van der Waals surface area contributed by atoms with Crippen LogP contribution in [0.2, 0.25) is 0 Å². The summed E-state index contributed by atoms with van der Waals surface area (Å²) in [6.45, 7) is 4.15. The van der Waals surface area contributed by atoms with Crippen LogP contribution in [0.15, 0.2) is 53.6 Å². The Hall–Kier alpha value is -4.51. The fraction of sp³-hybridized carbons (Fsp3) is 0.276. The summed E-state index contributed by atoms with van der Waals surface area (Å²) in [4.78, 5) is 30.8. The third-order valence-electron chi connectivity index (χ3n) is 6.99. The number of carbonyl (C=O) groups is 1. The average Bonchev–Trinajstić information content (AvgIpc) is 3.57. The van der Waals surface area contributed by atoms with Gasteiger partial charge in [0, 0.05) is 29.9 Å². The van der Waals surface area contributed by atoms with Gasteiger partial charge in [0.25, 0.3) is 0 Å². The van der Waals surface area contributed by atoms with E-state index in [1.807, 2.05) is 38.1 Å². The minimum atomic E-state index is -0.643. The summed E-state index contributed by atoms with van der Waals surface area (Å²) in [6.07, 6.45) is 4.85. The number of aromatic amines is 1. The number of aromatic nitrogens is 2. The lowest BCUT2D eigenvalue weighted by Crippen LogP contribution is -2.42. The molecule has 0 radical (unpaired) electrons. The van der Waals surface area contributed by atoms with Gasteiger partial charge in [-0.1, -0.05) is 23.5 Å². The number of thiazole rings is 1. The fourth-order valence-electron chi connectivity index (χ4n) is 4.79. The van der Waals surface area contributed by atoms with Gasteiger partial charge in [0.2, 0.25) is 24.2 Å². The molecule has 0 aliphatic carbocycles. The van der Waals surface area contributed by atoms with Gasteiger partial charge in [0.05, 0.1) is 10.4 Å². The number of esters is 1. The van der Waals surface area contributed by atoms with E-state index < -0.39 is 11.6 Å². The Labute approximate surface area is 233 Å². The molecule has 2 aromatic heterocycles. The number of nitrogens with one attached hydrogen (secondary N) is 1. The number of hydrogen-bond acceptors (Lipinski definition) is 10. The van der Waals surface area contributed by atoms with E-state index in [0.29, 0.717) is 65.1 Å². The Kier molecular flexibility index (Phi) is 6.59. The molecule has 11 heteroatoms. The van der Waals surface area contributed by atoms with Crippen LogP contribution in [0.5, 0.6) is 34.6 Å². The third kappa shape index (κ3) is 4.95. The molecule has 0 bridgehead atoms. The first-order valence-corrected chi connectivity index (χ1v) is 13.5. The molecule has 206 valence electrons. The second-order valence-corrected chi connectivity index (χ2v) is 11.0. The Balaban J connectivity index is 1.17. The zero-order valence-electron chi connectivity index (χ0n) is 21.8. The van der Waals surface area contributed by atoms with Crippen LogP contribution < -0.4 is 28.6 Å². The van der Waals surface area contributed by atoms with Crippen molar-refractivity contribution in [3.8, 4) is 34.6 Å². The van der Waals surface area contributed by atoms with Gasteiger partial charge in [-0.2, -0.15) is 0 Å². The quantitative estimate of drug-likeness (QED) is 0.246. The van der Waals surface area contributed by atoms with Crippen molar-refractivity contribution < 1.29 is 33.6 Å². The third-order valence-corrected chi connectivity index (χ3v) is 7.86. The van der Waals surface area contributed by atoms with Crippen LogP contribution in [0.25, 0.3) is 0 Å². The van der Waals surface area contributed by atoms with Crippen molar-refractivity contribution in [3.63, 3.8) is 0 Å². The first kappa shape index (κ1) is 25.8. The van der Waals surface area contributed by atoms with Crippen molar-refractivity contribution in [2.24, 2.45) is 0 Å². The second-order valence-electron chi connectivity index (χ2n) is 9.90. The summed E-state index contributed by atoms with van der Waals surface area (Å²) in [5, 5.41) is 9.83. The van der Waals surface area contributed by atoms with Gasteiger partial charge in [-0.05, 0) is 56.5 Å². The normalized spacial score (nSPS) is 17.1. The minimum Gasteiger partial charge on any atom is -0.494 e. The van der Waals surface area contributed by atoms with Crippen LogP contribution in [0.3, 0.4) is 0 Å². The van der Waals surface area contributed by atoms with Crippen LogP contribution in [0.4, 0.5) is 0 Å². The topological polar surface area (TPSA) is 129 Å². The van der Waals surface area contributed by atoms with E-state index in [4.69, 9.17) is 23.7 Å². The smallest absolute Gasteiger partial charge is 0.343 e. The first-order valence-electron chi connectivity index (χ1n) is 12.7. The number of pyridine rings is 1. The van der Waals surface area contributed by atoms with Crippen molar-refractivity contribution in [2.45, 2.75) is 38.7 Å². The summed E-state index contributed by atoms with van der Waals surface area (Å²) >= 11 is 0.993. The molecule has 2 aliphatic heterocycles. The summed E-state index contributed by atoms with van der Waals surface area (Å²) in [6, 6.07) is 10.7. The number of ether oxygens (including phenoxy) is 5. The van der Waals surface area contributed by atoms with E-state index in [-0.39, 0.29) is 17.5 Å². The monoisotopic (exact) mass is 562 g/mol. The lowest BCUT2D eigenvalue weighted by Gasteiger charge is -2.36. The molecule has 1 atom stereocenters. The Morgan fingerprint density at radius 1 is 1.12 bits per heavy atom. The van der Waals surface area contributed by atoms with Crippen LogP contribution in [-0.2, 0) is 12.8 Å². The van der Waals surface area contributed by atoms with E-state index in [9.17, 15) is 14.7 Å². The second kappa shape index (κ2) is 10.2. The van der Waals surface area contributed by atoms with Crippen LogP contribution >= 0.6 is 11.3 Å². The van der Waals surface area contributed by atoms with Crippen molar-refractivity contribution in [3.05, 3.63) is 85.6 Å². The predicted octanol–water partition coefficient (Wildman–Crippen LogP) is 4.55. The summed E-state index contributed by atoms with van der Waals surface area (Å²) in [5.41, 5.74) is 2.35. The number of aromatic hydroxyl groups is 1. The van der Waals surface area contributed by atoms with E-state index >= 15 is 0 Å². The van der Waals surface area contributed by atoms with Crippen LogP contribution in [0, 0.1) is 6.92 Å². The molecule has 0 saturated heterocycles. The number of carbonyl (C=O) groups excluding carboxylic acids is 1. The highest BCUT2D eigenvalue weighted by Crippen LogP contribution is 2.55. The molecule has 2 aromatic carbocycles. The summed E-state index contributed by atoms with van der Waals surface area (Å²) in [7, 11) is 0. The van der Waals surface area contributed by atoms with Crippen molar-refractivity contribution >= 4 is 17.3 Å². The summed E-state index contributed by atoms with van der Waals surface area (Å²) in [5.74, 6) is 1.74. The van der Waals surface area contributed by atoms with Gasteiger partial charge in [-0.15, -0.1) is 0 Å². The van der Waals surface area contributed by atoms with Crippen molar-refractivity contribution in [2.75, 3.05) is 13.4 Å². The summed E-state index contributed by atoms with van der Waals surface area (Å²) < 4.78 is 29.9. The Morgan fingerprint density at radius 2 is 1.88 bits per heavy atom. The maximum atomic E-state index is 12.8. The molecule has 0 saturated carbocycles. The van der Waals surface area contributed by atoms with Crippen LogP contribution in [-0.4, -0.2) is 40.0 Å². The molecule has 10 nitrogen and oxygen atoms in total. The molecular weight excluding hydrogens is 536 g/mol. The fourth-order valence-corrected chi connectivity index (χ4v) is 5.55. The molecular formula is C29H26N2O8S. The molecule has 0 spiro atoms. The lowest BCUT2D eigenvalue weighted by molar-refractivity contribution is 0.0147. The first-order chi connectivity index (χ1) is 19.3. The maximum Gasteiger partial charge on any atom is 0.343 e.